The Morgan fingerprint density at radius 1 is 1.04 bits per heavy atom. The molecule has 1 amide bonds. The molecule has 0 spiro atoms. The Hall–Kier alpha value is -2.33. The van der Waals surface area contributed by atoms with Crippen LogP contribution in [-0.4, -0.2) is 43.6 Å². The van der Waals surface area contributed by atoms with Gasteiger partial charge in [0, 0.05) is 13.1 Å². The third-order valence-electron chi connectivity index (χ3n) is 5.45. The second-order valence-corrected chi connectivity index (χ2v) is 7.58. The highest BCUT2D eigenvalue weighted by Gasteiger charge is 2.19. The van der Waals surface area contributed by atoms with E-state index in [0.717, 1.165) is 56.8 Å². The number of rotatable bonds is 9. The van der Waals surface area contributed by atoms with E-state index in [1.165, 1.54) is 5.56 Å². The second-order valence-electron chi connectivity index (χ2n) is 7.58. The quantitative estimate of drug-likeness (QED) is 0.721. The van der Waals surface area contributed by atoms with Gasteiger partial charge in [0.15, 0.2) is 0 Å². The van der Waals surface area contributed by atoms with Gasteiger partial charge in [-0.2, -0.15) is 0 Å². The summed E-state index contributed by atoms with van der Waals surface area (Å²) in [6, 6.07) is 18.5. The largest absolute Gasteiger partial charge is 0.494 e. The molecule has 1 aliphatic rings. The van der Waals surface area contributed by atoms with Crippen LogP contribution in [0.2, 0.25) is 0 Å². The molecule has 0 unspecified atom stereocenters. The number of carbonyl (C=O) groups is 1. The molecule has 0 aromatic heterocycles. The zero-order valence-electron chi connectivity index (χ0n) is 16.9. The molecule has 150 valence electrons. The number of hydrogen-bond acceptors (Lipinski definition) is 3. The summed E-state index contributed by atoms with van der Waals surface area (Å²) in [5, 5.41) is 3.12. The minimum Gasteiger partial charge on any atom is -0.494 e. The predicted molar refractivity (Wildman–Crippen MR) is 114 cm³/mol. The van der Waals surface area contributed by atoms with Crippen molar-refractivity contribution in [2.45, 2.75) is 32.6 Å². The Balaban J connectivity index is 1.31. The number of nitrogens with zero attached hydrogens (tertiary/aromatic N) is 1. The molecule has 1 fully saturated rings. The monoisotopic (exact) mass is 380 g/mol. The van der Waals surface area contributed by atoms with Gasteiger partial charge in [0.2, 0.25) is 5.91 Å². The maximum atomic E-state index is 12.2. The predicted octanol–water partition coefficient (Wildman–Crippen LogP) is 3.70. The smallest absolute Gasteiger partial charge is 0.224 e. The molecule has 0 aliphatic carbocycles. The molecular weight excluding hydrogens is 348 g/mol. The lowest BCUT2D eigenvalue weighted by Gasteiger charge is -2.32. The summed E-state index contributed by atoms with van der Waals surface area (Å²) in [6.45, 7) is 6.81. The van der Waals surface area contributed by atoms with Gasteiger partial charge in [-0.25, -0.2) is 0 Å². The number of piperidine rings is 1. The number of amides is 1. The Kier molecular flexibility index (Phi) is 7.92. The van der Waals surface area contributed by atoms with E-state index in [4.69, 9.17) is 4.74 Å². The highest BCUT2D eigenvalue weighted by Crippen LogP contribution is 2.17. The number of ether oxygens (including phenoxy) is 1. The second kappa shape index (κ2) is 10.9. The summed E-state index contributed by atoms with van der Waals surface area (Å²) in [4.78, 5) is 14.8. The van der Waals surface area contributed by atoms with Gasteiger partial charge in [-0.05, 0) is 68.5 Å². The van der Waals surface area contributed by atoms with Crippen molar-refractivity contribution in [1.29, 1.82) is 0 Å². The first-order chi connectivity index (χ1) is 13.7. The van der Waals surface area contributed by atoms with Crippen molar-refractivity contribution in [3.8, 4) is 5.75 Å². The van der Waals surface area contributed by atoms with Crippen LogP contribution in [0.1, 0.15) is 30.9 Å². The van der Waals surface area contributed by atoms with E-state index >= 15 is 0 Å². The fourth-order valence-corrected chi connectivity index (χ4v) is 3.72. The van der Waals surface area contributed by atoms with Crippen LogP contribution in [0.5, 0.6) is 5.75 Å². The molecule has 0 saturated carbocycles. The van der Waals surface area contributed by atoms with Crippen LogP contribution in [0.25, 0.3) is 0 Å². The van der Waals surface area contributed by atoms with Gasteiger partial charge in [-0.1, -0.05) is 42.5 Å². The van der Waals surface area contributed by atoms with Gasteiger partial charge in [0.1, 0.15) is 5.75 Å². The first kappa shape index (κ1) is 20.4. The standard InChI is InChI=1S/C24H32N2O2/c1-2-28-23-10-8-21(9-11-23)18-24(27)25-19-22-13-16-26(17-14-22)15-12-20-6-4-3-5-7-20/h3-11,22H,2,12-19H2,1H3,(H,25,27). The molecule has 1 N–H and O–H groups in total. The molecule has 4 nitrogen and oxygen atoms in total. The maximum Gasteiger partial charge on any atom is 0.224 e. The number of carbonyl (C=O) groups excluding carboxylic acids is 1. The molecule has 2 aromatic rings. The van der Waals surface area contributed by atoms with Gasteiger partial charge in [0.25, 0.3) is 0 Å². The Morgan fingerprint density at radius 2 is 1.75 bits per heavy atom. The normalized spacial score (nSPS) is 15.3. The summed E-state index contributed by atoms with van der Waals surface area (Å²) >= 11 is 0. The highest BCUT2D eigenvalue weighted by atomic mass is 16.5. The summed E-state index contributed by atoms with van der Waals surface area (Å²) in [6.07, 6.45) is 3.88. The first-order valence-electron chi connectivity index (χ1n) is 10.5. The third kappa shape index (κ3) is 6.68. The fourth-order valence-electron chi connectivity index (χ4n) is 3.72. The SMILES string of the molecule is CCOc1ccc(CC(=O)NCC2CCN(CCc3ccccc3)CC2)cc1. The molecule has 4 heteroatoms. The minimum atomic E-state index is 0.107. The molecule has 3 rings (SSSR count). The zero-order valence-corrected chi connectivity index (χ0v) is 16.9. The molecular formula is C24H32N2O2. The van der Waals surface area contributed by atoms with E-state index in [1.54, 1.807) is 0 Å². The van der Waals surface area contributed by atoms with Crippen LogP contribution in [-0.2, 0) is 17.6 Å². The topological polar surface area (TPSA) is 41.6 Å². The fraction of sp³-hybridized carbons (Fsp3) is 0.458. The maximum absolute atomic E-state index is 12.2. The van der Waals surface area contributed by atoms with E-state index < -0.39 is 0 Å². The number of benzene rings is 2. The average molecular weight is 381 g/mol. The van der Waals surface area contributed by atoms with Gasteiger partial charge >= 0.3 is 0 Å². The van der Waals surface area contributed by atoms with Crippen LogP contribution in [0.15, 0.2) is 54.6 Å². The third-order valence-corrected chi connectivity index (χ3v) is 5.45. The molecule has 1 aliphatic heterocycles. The summed E-state index contributed by atoms with van der Waals surface area (Å²) in [7, 11) is 0. The van der Waals surface area contributed by atoms with Gasteiger partial charge in [-0.15, -0.1) is 0 Å². The van der Waals surface area contributed by atoms with Crippen molar-refractivity contribution in [2.24, 2.45) is 5.92 Å². The first-order valence-corrected chi connectivity index (χ1v) is 10.5. The van der Waals surface area contributed by atoms with Gasteiger partial charge in [-0.3, -0.25) is 4.79 Å². The highest BCUT2D eigenvalue weighted by molar-refractivity contribution is 5.78. The van der Waals surface area contributed by atoms with Crippen molar-refractivity contribution in [3.05, 3.63) is 65.7 Å². The molecule has 0 bridgehead atoms. The number of nitrogens with one attached hydrogen (secondary N) is 1. The van der Waals surface area contributed by atoms with Crippen LogP contribution >= 0.6 is 0 Å². The van der Waals surface area contributed by atoms with Crippen molar-refractivity contribution in [3.63, 3.8) is 0 Å². The number of likely N-dealkylation sites (tertiary alicyclic amines) is 1. The van der Waals surface area contributed by atoms with Crippen LogP contribution < -0.4 is 10.1 Å². The molecule has 0 atom stereocenters. The lowest BCUT2D eigenvalue weighted by molar-refractivity contribution is -0.120. The summed E-state index contributed by atoms with van der Waals surface area (Å²) < 4.78 is 5.44. The van der Waals surface area contributed by atoms with Crippen molar-refractivity contribution in [1.82, 2.24) is 10.2 Å². The molecule has 1 saturated heterocycles. The Bertz CT molecular complexity index is 707. The van der Waals surface area contributed by atoms with Crippen LogP contribution in [0.4, 0.5) is 0 Å². The average Bonchev–Trinajstić information content (AvgIpc) is 2.74. The van der Waals surface area contributed by atoms with E-state index in [1.807, 2.05) is 31.2 Å². The van der Waals surface area contributed by atoms with E-state index in [2.05, 4.69) is 40.5 Å². The molecule has 28 heavy (non-hydrogen) atoms. The van der Waals surface area contributed by atoms with Crippen LogP contribution in [0, 0.1) is 5.92 Å². The molecule has 0 radical (unpaired) electrons. The van der Waals surface area contributed by atoms with Crippen LogP contribution in [0.3, 0.4) is 0 Å². The van der Waals surface area contributed by atoms with E-state index in [0.29, 0.717) is 18.9 Å². The van der Waals surface area contributed by atoms with E-state index in [-0.39, 0.29) is 5.91 Å². The van der Waals surface area contributed by atoms with Crippen molar-refractivity contribution < 1.29 is 9.53 Å². The summed E-state index contributed by atoms with van der Waals surface area (Å²) in [5.41, 5.74) is 2.43. The summed E-state index contributed by atoms with van der Waals surface area (Å²) in [5.74, 6) is 1.55. The van der Waals surface area contributed by atoms with Gasteiger partial charge in [0.05, 0.1) is 13.0 Å². The lowest BCUT2D eigenvalue weighted by atomic mass is 9.96. The number of hydrogen-bond donors (Lipinski definition) is 1. The zero-order chi connectivity index (χ0) is 19.6. The van der Waals surface area contributed by atoms with Crippen molar-refractivity contribution >= 4 is 5.91 Å². The lowest BCUT2D eigenvalue weighted by Crippen LogP contribution is -2.39. The Labute approximate surface area is 168 Å². The van der Waals surface area contributed by atoms with E-state index in [9.17, 15) is 4.79 Å². The molecule has 2 aromatic carbocycles. The Morgan fingerprint density at radius 3 is 2.43 bits per heavy atom. The molecule has 1 heterocycles. The minimum absolute atomic E-state index is 0.107. The van der Waals surface area contributed by atoms with Gasteiger partial charge < -0.3 is 15.0 Å². The van der Waals surface area contributed by atoms with Crippen molar-refractivity contribution in [2.75, 3.05) is 32.8 Å².